The second-order valence-electron chi connectivity index (χ2n) is 5.68. The molecular weight excluding hydrogens is 290 g/mol. The number of benzene rings is 2. The van der Waals surface area contributed by atoms with Gasteiger partial charge in [0.2, 0.25) is 0 Å². The van der Waals surface area contributed by atoms with E-state index in [1.165, 1.54) is 0 Å². The van der Waals surface area contributed by atoms with E-state index >= 15 is 0 Å². The number of hydrogen-bond donors (Lipinski definition) is 1. The number of carbonyl (C=O) groups is 1. The van der Waals surface area contributed by atoms with Crippen LogP contribution in [0.4, 0.5) is 0 Å². The lowest BCUT2D eigenvalue weighted by Gasteiger charge is -2.33. The highest BCUT2D eigenvalue weighted by molar-refractivity contribution is 6.37. The third-order valence-electron chi connectivity index (χ3n) is 4.31. The van der Waals surface area contributed by atoms with Gasteiger partial charge in [-0.2, -0.15) is 0 Å². The lowest BCUT2D eigenvalue weighted by Crippen LogP contribution is -2.39. The third kappa shape index (κ3) is 2.50. The van der Waals surface area contributed by atoms with E-state index in [1.807, 2.05) is 67.6 Å². The summed E-state index contributed by atoms with van der Waals surface area (Å²) in [6.45, 7) is 2.04. The van der Waals surface area contributed by atoms with Gasteiger partial charge < -0.3 is 9.94 Å². The van der Waals surface area contributed by atoms with Crippen LogP contribution in [0.15, 0.2) is 65.8 Å². The average molecular weight is 309 g/mol. The second kappa shape index (κ2) is 6.24. The molecule has 0 bridgehead atoms. The average Bonchev–Trinajstić information content (AvgIpc) is 2.97. The van der Waals surface area contributed by atoms with Crippen LogP contribution in [0.3, 0.4) is 0 Å². The van der Waals surface area contributed by atoms with Crippen molar-refractivity contribution < 1.29 is 14.7 Å². The zero-order valence-corrected chi connectivity index (χ0v) is 13.0. The van der Waals surface area contributed by atoms with E-state index in [9.17, 15) is 9.90 Å². The van der Waals surface area contributed by atoms with Crippen molar-refractivity contribution in [3.63, 3.8) is 0 Å². The van der Waals surface area contributed by atoms with Crippen LogP contribution in [0, 0.1) is 5.92 Å². The normalized spacial score (nSPS) is 19.0. The predicted octanol–water partition coefficient (Wildman–Crippen LogP) is 3.82. The van der Waals surface area contributed by atoms with Crippen LogP contribution in [-0.4, -0.2) is 16.8 Å². The Morgan fingerprint density at radius 1 is 1.09 bits per heavy atom. The van der Waals surface area contributed by atoms with E-state index < -0.39 is 11.6 Å². The van der Waals surface area contributed by atoms with E-state index in [1.54, 1.807) is 0 Å². The fourth-order valence-corrected chi connectivity index (χ4v) is 3.30. The highest BCUT2D eigenvalue weighted by Gasteiger charge is 2.53. The van der Waals surface area contributed by atoms with Crippen LogP contribution in [0.5, 0.6) is 0 Å². The molecule has 1 N–H and O–H groups in total. The van der Waals surface area contributed by atoms with Gasteiger partial charge in [0.15, 0.2) is 11.3 Å². The molecule has 1 aliphatic rings. The Labute approximate surface area is 135 Å². The Bertz CT molecular complexity index is 670. The maximum absolute atomic E-state index is 11.6. The van der Waals surface area contributed by atoms with Gasteiger partial charge in [0.05, 0.1) is 5.92 Å². The number of carboxylic acids is 1. The summed E-state index contributed by atoms with van der Waals surface area (Å²) in [7, 11) is 0. The number of oxime groups is 1. The summed E-state index contributed by atoms with van der Waals surface area (Å²) in [6.07, 6.45) is 1.54. The number of aliphatic carboxylic acids is 1. The molecule has 0 spiro atoms. The minimum atomic E-state index is -1.02. The monoisotopic (exact) mass is 309 g/mol. The summed E-state index contributed by atoms with van der Waals surface area (Å²) in [4.78, 5) is 17.5. The van der Waals surface area contributed by atoms with Crippen LogP contribution in [0.1, 0.15) is 30.9 Å². The van der Waals surface area contributed by atoms with E-state index in [0.29, 0.717) is 6.42 Å². The van der Waals surface area contributed by atoms with Crippen LogP contribution in [-0.2, 0) is 15.2 Å². The molecule has 0 saturated heterocycles. The van der Waals surface area contributed by atoms with Crippen molar-refractivity contribution in [3.8, 4) is 0 Å². The molecule has 0 fully saturated rings. The summed E-state index contributed by atoms with van der Waals surface area (Å²) in [6, 6.07) is 19.5. The molecule has 0 saturated carbocycles. The fraction of sp³-hybridized carbons (Fsp3) is 0.263. The molecule has 1 atom stereocenters. The second-order valence-corrected chi connectivity index (χ2v) is 5.68. The lowest BCUT2D eigenvalue weighted by molar-refractivity contribution is -0.129. The smallest absolute Gasteiger partial charge is 0.354 e. The quantitative estimate of drug-likeness (QED) is 0.913. The molecule has 1 unspecified atom stereocenters. The standard InChI is InChI=1S/C19H19NO3/c1-2-9-16-17(18(21)22)20-23-19(16,14-10-5-3-6-11-14)15-12-7-4-8-13-15/h3-8,10-13,16H,2,9H2,1H3,(H,21,22). The first-order valence-electron chi connectivity index (χ1n) is 7.80. The van der Waals surface area contributed by atoms with Crippen molar-refractivity contribution in [2.75, 3.05) is 0 Å². The van der Waals surface area contributed by atoms with Crippen LogP contribution in [0.25, 0.3) is 0 Å². The molecule has 2 aromatic carbocycles. The maximum atomic E-state index is 11.6. The van der Waals surface area contributed by atoms with Crippen molar-refractivity contribution in [3.05, 3.63) is 71.8 Å². The zero-order valence-electron chi connectivity index (χ0n) is 13.0. The Hall–Kier alpha value is -2.62. The van der Waals surface area contributed by atoms with E-state index in [-0.39, 0.29) is 11.6 Å². The Morgan fingerprint density at radius 3 is 2.04 bits per heavy atom. The molecule has 4 heteroatoms. The zero-order chi connectivity index (χ0) is 16.3. The predicted molar refractivity (Wildman–Crippen MR) is 88.2 cm³/mol. The highest BCUT2D eigenvalue weighted by Crippen LogP contribution is 2.47. The fourth-order valence-electron chi connectivity index (χ4n) is 3.30. The SMILES string of the molecule is CCCC1C(C(=O)O)=NOC1(c1ccccc1)c1ccccc1. The topological polar surface area (TPSA) is 58.9 Å². The lowest BCUT2D eigenvalue weighted by atomic mass is 9.72. The van der Waals surface area contributed by atoms with Gasteiger partial charge in [-0.05, 0) is 6.42 Å². The molecule has 0 aromatic heterocycles. The van der Waals surface area contributed by atoms with Gasteiger partial charge >= 0.3 is 5.97 Å². The van der Waals surface area contributed by atoms with Gasteiger partial charge in [-0.1, -0.05) is 79.2 Å². The number of nitrogens with zero attached hydrogens (tertiary/aromatic N) is 1. The first-order valence-corrected chi connectivity index (χ1v) is 7.80. The van der Waals surface area contributed by atoms with Gasteiger partial charge in [0.1, 0.15) is 0 Å². The van der Waals surface area contributed by atoms with Gasteiger partial charge in [-0.3, -0.25) is 0 Å². The first kappa shape index (κ1) is 15.3. The van der Waals surface area contributed by atoms with Crippen molar-refractivity contribution in [2.24, 2.45) is 11.1 Å². The minimum absolute atomic E-state index is 0.0968. The van der Waals surface area contributed by atoms with Crippen molar-refractivity contribution in [2.45, 2.75) is 25.4 Å². The summed E-state index contributed by atoms with van der Waals surface area (Å²) in [5.74, 6) is -1.34. The molecular formula is C19H19NO3. The van der Waals surface area contributed by atoms with E-state index in [2.05, 4.69) is 5.16 Å². The third-order valence-corrected chi connectivity index (χ3v) is 4.31. The van der Waals surface area contributed by atoms with E-state index in [4.69, 9.17) is 4.84 Å². The van der Waals surface area contributed by atoms with Gasteiger partial charge in [-0.25, -0.2) is 4.79 Å². The van der Waals surface area contributed by atoms with Gasteiger partial charge in [0, 0.05) is 11.1 Å². The van der Waals surface area contributed by atoms with Crippen molar-refractivity contribution in [1.29, 1.82) is 0 Å². The maximum Gasteiger partial charge on any atom is 0.354 e. The molecule has 0 amide bonds. The van der Waals surface area contributed by atoms with Crippen LogP contribution in [0.2, 0.25) is 0 Å². The van der Waals surface area contributed by atoms with E-state index in [0.717, 1.165) is 17.5 Å². The number of rotatable bonds is 5. The Morgan fingerprint density at radius 2 is 1.61 bits per heavy atom. The molecule has 3 rings (SSSR count). The molecule has 1 heterocycles. The Balaban J connectivity index is 2.20. The summed E-state index contributed by atoms with van der Waals surface area (Å²) in [5, 5.41) is 13.5. The minimum Gasteiger partial charge on any atom is -0.477 e. The number of carboxylic acid groups (broad SMARTS) is 1. The Kier molecular flexibility index (Phi) is 4.15. The summed E-state index contributed by atoms with van der Waals surface area (Å²) in [5.41, 5.74) is 1.06. The molecule has 1 aliphatic heterocycles. The molecule has 23 heavy (non-hydrogen) atoms. The summed E-state index contributed by atoms with van der Waals surface area (Å²) >= 11 is 0. The largest absolute Gasteiger partial charge is 0.477 e. The first-order chi connectivity index (χ1) is 11.2. The van der Waals surface area contributed by atoms with Crippen molar-refractivity contribution in [1.82, 2.24) is 0 Å². The van der Waals surface area contributed by atoms with Crippen LogP contribution < -0.4 is 0 Å². The van der Waals surface area contributed by atoms with Crippen molar-refractivity contribution >= 4 is 11.7 Å². The molecule has 4 nitrogen and oxygen atoms in total. The molecule has 2 aromatic rings. The molecule has 118 valence electrons. The molecule has 0 aliphatic carbocycles. The summed E-state index contributed by atoms with van der Waals surface area (Å²) < 4.78 is 0. The van der Waals surface area contributed by atoms with Gasteiger partial charge in [0.25, 0.3) is 0 Å². The molecule has 0 radical (unpaired) electrons. The van der Waals surface area contributed by atoms with Crippen LogP contribution >= 0.6 is 0 Å². The van der Waals surface area contributed by atoms with Gasteiger partial charge in [-0.15, -0.1) is 0 Å². The number of hydrogen-bond acceptors (Lipinski definition) is 3. The highest BCUT2D eigenvalue weighted by atomic mass is 16.7.